The molecular formula is C18H13N3O4. The molecule has 7 heteroatoms. The summed E-state index contributed by atoms with van der Waals surface area (Å²) in [5.74, 6) is 0.449. The van der Waals surface area contributed by atoms with Gasteiger partial charge in [0.05, 0.1) is 22.4 Å². The van der Waals surface area contributed by atoms with Crippen LogP contribution in [0.1, 0.15) is 15.9 Å². The molecule has 0 saturated heterocycles. The minimum atomic E-state index is -0.404. The fourth-order valence-corrected chi connectivity index (χ4v) is 3.09. The van der Waals surface area contributed by atoms with Crippen molar-refractivity contribution >= 4 is 17.3 Å². The van der Waals surface area contributed by atoms with Gasteiger partial charge in [-0.2, -0.15) is 0 Å². The normalized spacial score (nSPS) is 12.9. The summed E-state index contributed by atoms with van der Waals surface area (Å²) in [7, 11) is 0. The smallest absolute Gasteiger partial charge is 0.274 e. The monoisotopic (exact) mass is 335 g/mol. The highest BCUT2D eigenvalue weighted by molar-refractivity contribution is 6.07. The van der Waals surface area contributed by atoms with Crippen molar-refractivity contribution < 1.29 is 14.1 Å². The number of hydrogen-bond acceptors (Lipinski definition) is 5. The summed E-state index contributed by atoms with van der Waals surface area (Å²) >= 11 is 0. The van der Waals surface area contributed by atoms with Crippen molar-refractivity contribution in [2.24, 2.45) is 0 Å². The number of nitrogens with zero attached hydrogens (tertiary/aromatic N) is 3. The van der Waals surface area contributed by atoms with Crippen molar-refractivity contribution in [2.75, 3.05) is 11.4 Å². The molecule has 25 heavy (non-hydrogen) atoms. The minimum Gasteiger partial charge on any atom is -0.444 e. The van der Waals surface area contributed by atoms with E-state index >= 15 is 0 Å². The number of nitro benzene ring substituents is 1. The van der Waals surface area contributed by atoms with Crippen molar-refractivity contribution in [3.63, 3.8) is 0 Å². The zero-order valence-electron chi connectivity index (χ0n) is 13.1. The number of nitro groups is 1. The molecule has 124 valence electrons. The van der Waals surface area contributed by atoms with Gasteiger partial charge >= 0.3 is 0 Å². The summed E-state index contributed by atoms with van der Waals surface area (Å²) < 4.78 is 5.23. The van der Waals surface area contributed by atoms with Crippen LogP contribution >= 0.6 is 0 Å². The Hall–Kier alpha value is -3.48. The molecule has 1 aliphatic rings. The van der Waals surface area contributed by atoms with Crippen molar-refractivity contribution in [1.82, 2.24) is 4.98 Å². The highest BCUT2D eigenvalue weighted by atomic mass is 16.6. The van der Waals surface area contributed by atoms with E-state index < -0.39 is 4.92 Å². The lowest BCUT2D eigenvalue weighted by atomic mass is 10.1. The van der Waals surface area contributed by atoms with Crippen LogP contribution in [0.5, 0.6) is 0 Å². The van der Waals surface area contributed by atoms with Gasteiger partial charge in [0, 0.05) is 23.7 Å². The van der Waals surface area contributed by atoms with Crippen LogP contribution in [-0.4, -0.2) is 22.4 Å². The Morgan fingerprint density at radius 2 is 2.00 bits per heavy atom. The second-order valence-corrected chi connectivity index (χ2v) is 5.68. The van der Waals surface area contributed by atoms with Crippen LogP contribution in [0.2, 0.25) is 0 Å². The molecule has 2 aromatic carbocycles. The van der Waals surface area contributed by atoms with Gasteiger partial charge in [0.15, 0.2) is 12.2 Å². The van der Waals surface area contributed by atoms with Crippen molar-refractivity contribution in [1.29, 1.82) is 0 Å². The van der Waals surface area contributed by atoms with Gasteiger partial charge in [0.2, 0.25) is 0 Å². The van der Waals surface area contributed by atoms with Crippen molar-refractivity contribution in [3.8, 4) is 11.3 Å². The van der Waals surface area contributed by atoms with Crippen LogP contribution in [0, 0.1) is 10.1 Å². The average molecular weight is 335 g/mol. The highest BCUT2D eigenvalue weighted by Crippen LogP contribution is 2.35. The quantitative estimate of drug-likeness (QED) is 0.540. The Bertz CT molecular complexity index is 949. The van der Waals surface area contributed by atoms with Crippen LogP contribution in [-0.2, 0) is 6.42 Å². The number of fused-ring (bicyclic) bond motifs is 1. The first-order chi connectivity index (χ1) is 12.1. The van der Waals surface area contributed by atoms with Crippen LogP contribution in [0.15, 0.2) is 59.5 Å². The summed E-state index contributed by atoms with van der Waals surface area (Å²) in [4.78, 5) is 29.0. The number of hydrogen-bond donors (Lipinski definition) is 0. The first kappa shape index (κ1) is 15.1. The van der Waals surface area contributed by atoms with E-state index in [2.05, 4.69) is 4.98 Å². The first-order valence-corrected chi connectivity index (χ1v) is 7.72. The summed E-state index contributed by atoms with van der Waals surface area (Å²) in [6, 6.07) is 11.8. The zero-order chi connectivity index (χ0) is 17.4. The Balaban J connectivity index is 1.63. The molecule has 2 heterocycles. The Labute approximate surface area is 142 Å². The summed E-state index contributed by atoms with van der Waals surface area (Å²) in [5, 5.41) is 11.1. The summed E-state index contributed by atoms with van der Waals surface area (Å²) in [6.45, 7) is 0.433. The highest BCUT2D eigenvalue weighted by Gasteiger charge is 2.30. The van der Waals surface area contributed by atoms with Gasteiger partial charge in [-0.25, -0.2) is 4.98 Å². The van der Waals surface area contributed by atoms with Crippen LogP contribution in [0.3, 0.4) is 0 Å². The standard InChI is InChI=1S/C18H13N3O4/c22-18(13-6-4-12(5-7-13)17-10-19-11-25-17)20-9-8-14-15(20)2-1-3-16(14)21(23)24/h1-7,10-11H,8-9H2. The second-order valence-electron chi connectivity index (χ2n) is 5.68. The maximum Gasteiger partial charge on any atom is 0.274 e. The molecule has 1 aromatic heterocycles. The van der Waals surface area contributed by atoms with Gasteiger partial charge in [-0.1, -0.05) is 18.2 Å². The zero-order valence-corrected chi connectivity index (χ0v) is 13.1. The number of anilines is 1. The maximum absolute atomic E-state index is 12.8. The lowest BCUT2D eigenvalue weighted by Crippen LogP contribution is -2.28. The third-order valence-electron chi connectivity index (χ3n) is 4.29. The Kier molecular flexibility index (Phi) is 3.53. The molecule has 0 atom stereocenters. The predicted octanol–water partition coefficient (Wildman–Crippen LogP) is 3.45. The largest absolute Gasteiger partial charge is 0.444 e. The molecule has 0 N–H and O–H groups in total. The molecule has 0 fully saturated rings. The summed E-state index contributed by atoms with van der Waals surface area (Å²) in [5.41, 5.74) is 2.63. The fourth-order valence-electron chi connectivity index (χ4n) is 3.09. The van der Waals surface area contributed by atoms with Crippen LogP contribution < -0.4 is 4.90 Å². The van der Waals surface area contributed by atoms with E-state index in [0.29, 0.717) is 35.5 Å². The molecule has 0 unspecified atom stereocenters. The molecule has 1 aliphatic heterocycles. The minimum absolute atomic E-state index is 0.0634. The van der Waals surface area contributed by atoms with E-state index in [1.54, 1.807) is 47.5 Å². The summed E-state index contributed by atoms with van der Waals surface area (Å²) in [6.07, 6.45) is 3.43. The molecule has 1 amide bonds. The molecule has 0 radical (unpaired) electrons. The van der Waals surface area contributed by atoms with E-state index in [0.717, 1.165) is 5.56 Å². The molecule has 7 nitrogen and oxygen atoms in total. The first-order valence-electron chi connectivity index (χ1n) is 7.72. The number of amides is 1. The van der Waals surface area contributed by atoms with E-state index in [4.69, 9.17) is 4.42 Å². The van der Waals surface area contributed by atoms with E-state index in [1.165, 1.54) is 12.5 Å². The Morgan fingerprint density at radius 3 is 2.68 bits per heavy atom. The lowest BCUT2D eigenvalue weighted by molar-refractivity contribution is -0.385. The second kappa shape index (κ2) is 5.86. The topological polar surface area (TPSA) is 89.5 Å². The SMILES string of the molecule is O=C(c1ccc(-c2cnco2)cc1)N1CCc2c1cccc2[N+](=O)[O-]. The van der Waals surface area contributed by atoms with Gasteiger partial charge in [0.1, 0.15) is 0 Å². The molecule has 0 aliphatic carbocycles. The Morgan fingerprint density at radius 1 is 1.20 bits per heavy atom. The van der Waals surface area contributed by atoms with Crippen molar-refractivity contribution in [2.45, 2.75) is 6.42 Å². The maximum atomic E-state index is 12.8. The fraction of sp³-hybridized carbons (Fsp3) is 0.111. The number of oxazole rings is 1. The molecule has 0 saturated carbocycles. The van der Waals surface area contributed by atoms with Gasteiger partial charge in [-0.3, -0.25) is 14.9 Å². The van der Waals surface area contributed by atoms with Crippen LogP contribution in [0.4, 0.5) is 11.4 Å². The van der Waals surface area contributed by atoms with E-state index in [9.17, 15) is 14.9 Å². The number of aromatic nitrogens is 1. The van der Waals surface area contributed by atoms with Gasteiger partial charge in [-0.15, -0.1) is 0 Å². The molecule has 3 aromatic rings. The van der Waals surface area contributed by atoms with Gasteiger partial charge < -0.3 is 9.32 Å². The number of benzene rings is 2. The lowest BCUT2D eigenvalue weighted by Gasteiger charge is -2.17. The number of carbonyl (C=O) groups excluding carboxylic acids is 1. The van der Waals surface area contributed by atoms with E-state index in [-0.39, 0.29) is 11.6 Å². The number of rotatable bonds is 3. The molecule has 0 bridgehead atoms. The number of carbonyl (C=O) groups is 1. The molecular weight excluding hydrogens is 322 g/mol. The van der Waals surface area contributed by atoms with Gasteiger partial charge in [0.25, 0.3) is 11.6 Å². The van der Waals surface area contributed by atoms with Crippen molar-refractivity contribution in [3.05, 3.63) is 76.3 Å². The van der Waals surface area contributed by atoms with Gasteiger partial charge in [-0.05, 0) is 24.6 Å². The molecule has 0 spiro atoms. The van der Waals surface area contributed by atoms with E-state index in [1.807, 2.05) is 0 Å². The third kappa shape index (κ3) is 2.55. The average Bonchev–Trinajstić information content (AvgIpc) is 3.30. The third-order valence-corrected chi connectivity index (χ3v) is 4.29. The van der Waals surface area contributed by atoms with Crippen LogP contribution in [0.25, 0.3) is 11.3 Å². The predicted molar refractivity (Wildman–Crippen MR) is 90.4 cm³/mol. The molecule has 4 rings (SSSR count).